The van der Waals surface area contributed by atoms with Gasteiger partial charge in [0.25, 0.3) is 5.91 Å². The number of carbonyl (C=O) groups excluding carboxylic acids is 1. The fourth-order valence-electron chi connectivity index (χ4n) is 2.24. The third kappa shape index (κ3) is 4.20. The Morgan fingerprint density at radius 1 is 1.13 bits per heavy atom. The molecule has 3 rings (SSSR count). The van der Waals surface area contributed by atoms with Gasteiger partial charge in [-0.25, -0.2) is 0 Å². The van der Waals surface area contributed by atoms with Crippen molar-refractivity contribution >= 4 is 55.9 Å². The molecule has 118 valence electrons. The lowest BCUT2D eigenvalue weighted by atomic mass is 10.2. The van der Waals surface area contributed by atoms with Gasteiger partial charge in [0.2, 0.25) is 0 Å². The number of carbonyl (C=O) groups is 1. The van der Waals surface area contributed by atoms with Crippen molar-refractivity contribution < 1.29 is 4.79 Å². The molecule has 0 aliphatic carbocycles. The maximum absolute atomic E-state index is 12.0. The third-order valence-corrected chi connectivity index (χ3v) is 4.89. The van der Waals surface area contributed by atoms with Gasteiger partial charge in [-0.1, -0.05) is 18.2 Å². The summed E-state index contributed by atoms with van der Waals surface area (Å²) in [5.74, 6) is 0.900. The largest absolute Gasteiger partial charge is 0.369 e. The van der Waals surface area contributed by atoms with E-state index in [4.69, 9.17) is 0 Å². The zero-order valence-electron chi connectivity index (χ0n) is 12.4. The second-order valence-corrected chi connectivity index (χ2v) is 7.12. The van der Waals surface area contributed by atoms with E-state index >= 15 is 0 Å². The van der Waals surface area contributed by atoms with Crippen LogP contribution in [0, 0.1) is 3.57 Å². The van der Waals surface area contributed by atoms with Gasteiger partial charge >= 0.3 is 0 Å². The number of fused-ring (bicyclic) bond motifs is 1. The molecule has 1 heterocycles. The molecule has 1 amide bonds. The Bertz CT molecular complexity index is 818. The Labute approximate surface area is 152 Å². The highest BCUT2D eigenvalue weighted by atomic mass is 127. The van der Waals surface area contributed by atoms with Crippen LogP contribution in [-0.4, -0.2) is 23.4 Å². The summed E-state index contributed by atoms with van der Waals surface area (Å²) in [6.07, 6.45) is 0.849. The van der Waals surface area contributed by atoms with E-state index in [0.29, 0.717) is 12.1 Å². The van der Waals surface area contributed by atoms with Crippen LogP contribution in [0.2, 0.25) is 0 Å². The molecule has 0 atom stereocenters. The number of benzene rings is 2. The molecule has 0 saturated carbocycles. The molecule has 2 aromatic carbocycles. The minimum Gasteiger partial charge on any atom is -0.369 e. The van der Waals surface area contributed by atoms with Gasteiger partial charge in [0, 0.05) is 27.6 Å². The lowest BCUT2D eigenvalue weighted by Crippen LogP contribution is -2.25. The Hall–Kier alpha value is -1.67. The van der Waals surface area contributed by atoms with Gasteiger partial charge in [-0.3, -0.25) is 4.79 Å². The van der Waals surface area contributed by atoms with Crippen molar-refractivity contribution in [1.82, 2.24) is 9.69 Å². The van der Waals surface area contributed by atoms with E-state index in [1.807, 2.05) is 36.4 Å². The van der Waals surface area contributed by atoms with Gasteiger partial charge in [0.05, 0.1) is 4.70 Å². The monoisotopic (exact) mass is 437 g/mol. The number of rotatable bonds is 6. The molecule has 2 N–H and O–H groups in total. The highest BCUT2D eigenvalue weighted by Gasteiger charge is 2.06. The fraction of sp³-hybridized carbons (Fsp3) is 0.176. The molecule has 4 nitrogen and oxygen atoms in total. The highest BCUT2D eigenvalue weighted by Crippen LogP contribution is 2.25. The van der Waals surface area contributed by atoms with Gasteiger partial charge in [0.15, 0.2) is 0 Å². The zero-order chi connectivity index (χ0) is 16.1. The molecule has 3 aromatic rings. The SMILES string of the molecule is O=C(NCCCNc1nsc2ccccc12)c1cccc(I)c1. The summed E-state index contributed by atoms with van der Waals surface area (Å²) in [4.78, 5) is 12.0. The van der Waals surface area contributed by atoms with Crippen LogP contribution in [0.25, 0.3) is 10.1 Å². The van der Waals surface area contributed by atoms with Gasteiger partial charge < -0.3 is 10.6 Å². The van der Waals surface area contributed by atoms with Crippen molar-refractivity contribution in [2.24, 2.45) is 0 Å². The lowest BCUT2D eigenvalue weighted by Gasteiger charge is -2.07. The topological polar surface area (TPSA) is 54.0 Å². The molecule has 0 aliphatic rings. The van der Waals surface area contributed by atoms with E-state index in [0.717, 1.165) is 27.7 Å². The minimum atomic E-state index is -0.0253. The maximum atomic E-state index is 12.0. The minimum absolute atomic E-state index is 0.0253. The van der Waals surface area contributed by atoms with Gasteiger partial charge in [-0.2, -0.15) is 4.37 Å². The third-order valence-electron chi connectivity index (χ3n) is 3.40. The molecule has 1 aromatic heterocycles. The second kappa shape index (κ2) is 7.74. The van der Waals surface area contributed by atoms with Crippen molar-refractivity contribution in [3.63, 3.8) is 0 Å². The van der Waals surface area contributed by atoms with E-state index in [2.05, 4.69) is 49.7 Å². The van der Waals surface area contributed by atoms with Crippen LogP contribution in [0.3, 0.4) is 0 Å². The Morgan fingerprint density at radius 2 is 2.00 bits per heavy atom. The normalized spacial score (nSPS) is 10.7. The number of anilines is 1. The van der Waals surface area contributed by atoms with Crippen LogP contribution in [0.4, 0.5) is 5.82 Å². The van der Waals surface area contributed by atoms with Crippen molar-refractivity contribution in [2.75, 3.05) is 18.4 Å². The zero-order valence-corrected chi connectivity index (χ0v) is 15.4. The first-order chi connectivity index (χ1) is 11.2. The average molecular weight is 437 g/mol. The summed E-state index contributed by atoms with van der Waals surface area (Å²) >= 11 is 3.70. The Kier molecular flexibility index (Phi) is 5.45. The lowest BCUT2D eigenvalue weighted by molar-refractivity contribution is 0.0953. The Morgan fingerprint density at radius 3 is 2.87 bits per heavy atom. The van der Waals surface area contributed by atoms with Crippen molar-refractivity contribution in [3.05, 3.63) is 57.7 Å². The van der Waals surface area contributed by atoms with Gasteiger partial charge in [-0.15, -0.1) is 0 Å². The first-order valence-electron chi connectivity index (χ1n) is 7.36. The van der Waals surface area contributed by atoms with Gasteiger partial charge in [-0.05, 0) is 70.9 Å². The first kappa shape index (κ1) is 16.2. The second-order valence-electron chi connectivity index (χ2n) is 5.07. The summed E-state index contributed by atoms with van der Waals surface area (Å²) in [6, 6.07) is 15.8. The molecule has 23 heavy (non-hydrogen) atoms. The summed E-state index contributed by atoms with van der Waals surface area (Å²) in [7, 11) is 0. The molecule has 0 radical (unpaired) electrons. The van der Waals surface area contributed by atoms with E-state index < -0.39 is 0 Å². The number of hydrogen-bond donors (Lipinski definition) is 2. The standard InChI is InChI=1S/C17H16IN3OS/c18-13-6-3-5-12(11-13)17(22)20-10-4-9-19-16-14-7-1-2-8-15(14)23-21-16/h1-3,5-8,11H,4,9-10H2,(H,19,21)(H,20,22). The van der Waals surface area contributed by atoms with Crippen molar-refractivity contribution in [2.45, 2.75) is 6.42 Å². The van der Waals surface area contributed by atoms with E-state index in [1.165, 1.54) is 16.2 Å². The fourth-order valence-corrected chi connectivity index (χ4v) is 3.54. The molecular formula is C17H16IN3OS. The van der Waals surface area contributed by atoms with Gasteiger partial charge in [0.1, 0.15) is 5.82 Å². The molecular weight excluding hydrogens is 421 g/mol. The maximum Gasteiger partial charge on any atom is 0.251 e. The van der Waals surface area contributed by atoms with Crippen LogP contribution in [0.1, 0.15) is 16.8 Å². The molecule has 6 heteroatoms. The highest BCUT2D eigenvalue weighted by molar-refractivity contribution is 14.1. The molecule has 0 bridgehead atoms. The number of nitrogens with one attached hydrogen (secondary N) is 2. The van der Waals surface area contributed by atoms with E-state index in [1.54, 1.807) is 0 Å². The van der Waals surface area contributed by atoms with E-state index in [9.17, 15) is 4.79 Å². The summed E-state index contributed by atoms with van der Waals surface area (Å²) in [5.41, 5.74) is 0.704. The quantitative estimate of drug-likeness (QED) is 0.451. The summed E-state index contributed by atoms with van der Waals surface area (Å²) in [6.45, 7) is 1.42. The number of amides is 1. The van der Waals surface area contributed by atoms with Crippen LogP contribution < -0.4 is 10.6 Å². The van der Waals surface area contributed by atoms with Crippen molar-refractivity contribution in [3.8, 4) is 0 Å². The number of nitrogens with zero attached hydrogens (tertiary/aromatic N) is 1. The molecule has 0 saturated heterocycles. The molecule has 0 unspecified atom stereocenters. The predicted octanol–water partition coefficient (Wildman–Crippen LogP) is 4.13. The van der Waals surface area contributed by atoms with Crippen LogP contribution in [0.5, 0.6) is 0 Å². The predicted molar refractivity (Wildman–Crippen MR) is 104 cm³/mol. The number of hydrogen-bond acceptors (Lipinski definition) is 4. The molecule has 0 fully saturated rings. The number of aromatic nitrogens is 1. The summed E-state index contributed by atoms with van der Waals surface area (Å²) in [5, 5.41) is 7.43. The summed E-state index contributed by atoms with van der Waals surface area (Å²) < 4.78 is 6.67. The number of halogens is 1. The molecule has 0 spiro atoms. The van der Waals surface area contributed by atoms with Crippen LogP contribution in [0.15, 0.2) is 48.5 Å². The Balaban J connectivity index is 1.44. The first-order valence-corrected chi connectivity index (χ1v) is 9.21. The molecule has 0 aliphatic heterocycles. The van der Waals surface area contributed by atoms with Crippen LogP contribution in [-0.2, 0) is 0 Å². The van der Waals surface area contributed by atoms with Crippen LogP contribution >= 0.6 is 34.1 Å². The van der Waals surface area contributed by atoms with E-state index in [-0.39, 0.29) is 5.91 Å². The van der Waals surface area contributed by atoms with Crippen molar-refractivity contribution in [1.29, 1.82) is 0 Å². The smallest absolute Gasteiger partial charge is 0.251 e. The average Bonchev–Trinajstić information content (AvgIpc) is 2.98.